The Labute approximate surface area is 122 Å². The lowest BCUT2D eigenvalue weighted by atomic mass is 9.43. The smallest absolute Gasteiger partial charge is 0.315 e. The first-order valence-electron chi connectivity index (χ1n) is 8.47. The maximum atomic E-state index is 12.3. The van der Waals surface area contributed by atoms with Gasteiger partial charge in [0, 0.05) is 11.6 Å². The van der Waals surface area contributed by atoms with Crippen molar-refractivity contribution in [2.24, 2.45) is 16.7 Å². The summed E-state index contributed by atoms with van der Waals surface area (Å²) < 4.78 is 0. The number of hydrogen-bond acceptors (Lipinski definition) is 1. The van der Waals surface area contributed by atoms with Gasteiger partial charge in [0.05, 0.1) is 0 Å². The number of nitrogens with one attached hydrogen (secondary N) is 2. The summed E-state index contributed by atoms with van der Waals surface area (Å²) in [7, 11) is 0. The number of carbonyl (C=O) groups is 1. The zero-order valence-electron chi connectivity index (χ0n) is 12.9. The fourth-order valence-electron chi connectivity index (χ4n) is 6.60. The Morgan fingerprint density at radius 3 is 2.15 bits per heavy atom. The van der Waals surface area contributed by atoms with E-state index in [4.69, 9.17) is 0 Å². The molecule has 0 heterocycles. The fourth-order valence-corrected chi connectivity index (χ4v) is 6.60. The van der Waals surface area contributed by atoms with Crippen LogP contribution in [0.2, 0.25) is 0 Å². The van der Waals surface area contributed by atoms with E-state index in [2.05, 4.69) is 24.5 Å². The maximum Gasteiger partial charge on any atom is 0.315 e. The predicted octanol–water partition coefficient (Wildman–Crippen LogP) is 3.59. The van der Waals surface area contributed by atoms with Gasteiger partial charge in [0.1, 0.15) is 0 Å². The fraction of sp³-hybridized carbons (Fsp3) is 0.941. The van der Waals surface area contributed by atoms with Gasteiger partial charge in [0.25, 0.3) is 0 Å². The van der Waals surface area contributed by atoms with Crippen LogP contribution in [0, 0.1) is 16.7 Å². The van der Waals surface area contributed by atoms with E-state index in [1.807, 2.05) is 0 Å². The monoisotopic (exact) mass is 276 g/mol. The molecule has 5 fully saturated rings. The van der Waals surface area contributed by atoms with Crippen LogP contribution in [0.1, 0.15) is 71.6 Å². The molecule has 0 aromatic rings. The normalized spacial score (nSPS) is 49.8. The molecule has 5 rings (SSSR count). The van der Waals surface area contributed by atoms with Gasteiger partial charge in [-0.3, -0.25) is 0 Å². The lowest BCUT2D eigenvalue weighted by Gasteiger charge is -2.65. The second kappa shape index (κ2) is 3.92. The molecule has 4 bridgehead atoms. The van der Waals surface area contributed by atoms with E-state index in [9.17, 15) is 4.79 Å². The van der Waals surface area contributed by atoms with Crippen molar-refractivity contribution >= 4 is 6.03 Å². The van der Waals surface area contributed by atoms with Gasteiger partial charge in [-0.2, -0.15) is 0 Å². The Kier molecular flexibility index (Phi) is 2.54. The molecule has 0 aromatic carbocycles. The van der Waals surface area contributed by atoms with Gasteiger partial charge in [-0.25, -0.2) is 4.79 Å². The van der Waals surface area contributed by atoms with Gasteiger partial charge in [-0.15, -0.1) is 0 Å². The zero-order valence-corrected chi connectivity index (χ0v) is 12.9. The summed E-state index contributed by atoms with van der Waals surface area (Å²) in [6.45, 7) is 4.91. The van der Waals surface area contributed by atoms with Crippen LogP contribution < -0.4 is 10.6 Å². The molecular weight excluding hydrogens is 248 g/mol. The van der Waals surface area contributed by atoms with Gasteiger partial charge < -0.3 is 10.6 Å². The van der Waals surface area contributed by atoms with Crippen LogP contribution in [0.3, 0.4) is 0 Å². The molecule has 2 atom stereocenters. The molecular formula is C17H28N2O. The zero-order chi connectivity index (χ0) is 14.0. The topological polar surface area (TPSA) is 41.1 Å². The third-order valence-corrected chi connectivity index (χ3v) is 6.45. The Morgan fingerprint density at radius 2 is 1.65 bits per heavy atom. The summed E-state index contributed by atoms with van der Waals surface area (Å²) in [6.07, 6.45) is 11.4. The quantitative estimate of drug-likeness (QED) is 0.795. The molecule has 0 aromatic heterocycles. The van der Waals surface area contributed by atoms with Crippen molar-refractivity contribution in [3.05, 3.63) is 0 Å². The minimum absolute atomic E-state index is 0.0940. The van der Waals surface area contributed by atoms with Crippen LogP contribution >= 0.6 is 0 Å². The van der Waals surface area contributed by atoms with E-state index in [1.54, 1.807) is 0 Å². The standard InChI is InChI=1S/C17H28N2O/c1-15-6-12-7-16(2,9-15)11-17(8-12,10-15)19-14(20)18-13-4-3-5-13/h12-13H,3-11H2,1-2H3,(H2,18,19,20). The van der Waals surface area contributed by atoms with Crippen molar-refractivity contribution in [1.29, 1.82) is 0 Å². The number of amides is 2. The highest BCUT2D eigenvalue weighted by Gasteiger charge is 2.60. The van der Waals surface area contributed by atoms with Crippen molar-refractivity contribution in [1.82, 2.24) is 10.6 Å². The molecule has 5 aliphatic rings. The molecule has 3 nitrogen and oxygen atoms in total. The van der Waals surface area contributed by atoms with E-state index in [1.165, 1.54) is 57.8 Å². The van der Waals surface area contributed by atoms with E-state index in [0.29, 0.717) is 16.9 Å². The minimum Gasteiger partial charge on any atom is -0.335 e. The highest BCUT2D eigenvalue weighted by Crippen LogP contribution is 2.66. The molecule has 20 heavy (non-hydrogen) atoms. The highest BCUT2D eigenvalue weighted by molar-refractivity contribution is 5.75. The first-order valence-corrected chi connectivity index (χ1v) is 8.47. The maximum absolute atomic E-state index is 12.3. The lowest BCUT2D eigenvalue weighted by molar-refractivity contribution is -0.113. The molecule has 3 heteroatoms. The van der Waals surface area contributed by atoms with Crippen LogP contribution in [0.25, 0.3) is 0 Å². The molecule has 5 aliphatic carbocycles. The first-order chi connectivity index (χ1) is 9.38. The van der Waals surface area contributed by atoms with Gasteiger partial charge >= 0.3 is 6.03 Å². The Morgan fingerprint density at radius 1 is 1.00 bits per heavy atom. The predicted molar refractivity (Wildman–Crippen MR) is 79.4 cm³/mol. The number of carbonyl (C=O) groups excluding carboxylic acids is 1. The van der Waals surface area contributed by atoms with E-state index >= 15 is 0 Å². The molecule has 0 saturated heterocycles. The van der Waals surface area contributed by atoms with Gasteiger partial charge in [-0.05, 0) is 74.5 Å². The van der Waals surface area contributed by atoms with Crippen LogP contribution in [0.5, 0.6) is 0 Å². The van der Waals surface area contributed by atoms with Crippen molar-refractivity contribution in [2.75, 3.05) is 0 Å². The van der Waals surface area contributed by atoms with Crippen molar-refractivity contribution in [2.45, 2.75) is 83.2 Å². The molecule has 0 aliphatic heterocycles. The lowest BCUT2D eigenvalue weighted by Crippen LogP contribution is -2.66. The second-order valence-electron chi connectivity index (χ2n) is 9.14. The van der Waals surface area contributed by atoms with E-state index < -0.39 is 0 Å². The summed E-state index contributed by atoms with van der Waals surface area (Å²) in [4.78, 5) is 12.3. The van der Waals surface area contributed by atoms with E-state index in [0.717, 1.165) is 5.92 Å². The minimum atomic E-state index is 0.0940. The molecule has 2 unspecified atom stereocenters. The molecule has 0 radical (unpaired) electrons. The Balaban J connectivity index is 1.50. The highest BCUT2D eigenvalue weighted by atomic mass is 16.2. The Bertz CT molecular complexity index is 424. The number of urea groups is 1. The first kappa shape index (κ1) is 13.0. The average Bonchev–Trinajstić information content (AvgIpc) is 2.17. The number of hydrogen-bond donors (Lipinski definition) is 2. The molecule has 2 N–H and O–H groups in total. The van der Waals surface area contributed by atoms with Gasteiger partial charge in [0.15, 0.2) is 0 Å². The summed E-state index contributed by atoms with van der Waals surface area (Å²) in [5.41, 5.74) is 1.03. The third-order valence-electron chi connectivity index (χ3n) is 6.45. The van der Waals surface area contributed by atoms with E-state index in [-0.39, 0.29) is 11.6 Å². The third kappa shape index (κ3) is 2.05. The summed E-state index contributed by atoms with van der Waals surface area (Å²) in [5, 5.41) is 6.59. The summed E-state index contributed by atoms with van der Waals surface area (Å²) in [6, 6.07) is 0.541. The average molecular weight is 276 g/mol. The second-order valence-corrected chi connectivity index (χ2v) is 9.14. The van der Waals surface area contributed by atoms with Crippen LogP contribution in [0.4, 0.5) is 4.79 Å². The van der Waals surface area contributed by atoms with Crippen LogP contribution in [0.15, 0.2) is 0 Å². The van der Waals surface area contributed by atoms with Gasteiger partial charge in [-0.1, -0.05) is 13.8 Å². The summed E-state index contributed by atoms with van der Waals surface area (Å²) in [5.74, 6) is 0.838. The van der Waals surface area contributed by atoms with Crippen LogP contribution in [-0.4, -0.2) is 17.6 Å². The SMILES string of the molecule is CC12CC3CC(C)(C1)CC(NC(=O)NC1CCC1)(C3)C2. The number of rotatable bonds is 2. The Hall–Kier alpha value is -0.730. The van der Waals surface area contributed by atoms with Gasteiger partial charge in [0.2, 0.25) is 0 Å². The molecule has 5 saturated carbocycles. The van der Waals surface area contributed by atoms with Crippen molar-refractivity contribution < 1.29 is 4.79 Å². The van der Waals surface area contributed by atoms with Crippen molar-refractivity contribution in [3.8, 4) is 0 Å². The van der Waals surface area contributed by atoms with Crippen LogP contribution in [-0.2, 0) is 0 Å². The molecule has 2 amide bonds. The summed E-state index contributed by atoms with van der Waals surface area (Å²) >= 11 is 0. The molecule has 112 valence electrons. The largest absolute Gasteiger partial charge is 0.335 e. The van der Waals surface area contributed by atoms with Crippen molar-refractivity contribution in [3.63, 3.8) is 0 Å². The molecule has 0 spiro atoms.